The van der Waals surface area contributed by atoms with Gasteiger partial charge in [-0.1, -0.05) is 57.2 Å². The summed E-state index contributed by atoms with van der Waals surface area (Å²) >= 11 is 0. The zero-order chi connectivity index (χ0) is 10.8. The van der Waals surface area contributed by atoms with Gasteiger partial charge in [0.2, 0.25) is 0 Å². The average molecular weight is 286 g/mol. The third kappa shape index (κ3) is 7.75. The van der Waals surface area contributed by atoms with Crippen LogP contribution in [0, 0.1) is 0 Å². The van der Waals surface area contributed by atoms with Crippen LogP contribution in [0.1, 0.15) is 45.4 Å². The highest BCUT2D eigenvalue weighted by Crippen LogP contribution is 2.07. The first kappa shape index (κ1) is 15.5. The molecule has 2 heteroatoms. The van der Waals surface area contributed by atoms with Crippen molar-refractivity contribution in [3.63, 3.8) is 0 Å². The zero-order valence-corrected chi connectivity index (χ0v) is 12.0. The molecule has 92 valence electrons. The number of para-hydroxylation sites is 1. The number of unbranched alkanes of at least 4 members (excludes halogenated alkanes) is 5. The van der Waals surface area contributed by atoms with E-state index in [1.807, 2.05) is 0 Å². The smallest absolute Gasteiger partial charge is 0.0340 e. The summed E-state index contributed by atoms with van der Waals surface area (Å²) in [5.74, 6) is 0. The summed E-state index contributed by atoms with van der Waals surface area (Å²) in [7, 11) is 0. The Labute approximate surface area is 110 Å². The van der Waals surface area contributed by atoms with Gasteiger partial charge >= 0.3 is 0 Å². The lowest BCUT2D eigenvalue weighted by molar-refractivity contribution is 0.617. The van der Waals surface area contributed by atoms with Crippen molar-refractivity contribution in [1.82, 2.24) is 0 Å². The molecule has 0 aliphatic rings. The van der Waals surface area contributed by atoms with Gasteiger partial charge in [-0.15, -0.1) is 17.0 Å². The molecule has 0 heterocycles. The minimum absolute atomic E-state index is 0. The fourth-order valence-corrected chi connectivity index (χ4v) is 1.69. The SMILES string of the molecule is Br.CCCCCCCCNc1ccccc1. The van der Waals surface area contributed by atoms with Crippen molar-refractivity contribution in [2.45, 2.75) is 45.4 Å². The predicted molar refractivity (Wildman–Crippen MR) is 78.6 cm³/mol. The Bertz CT molecular complexity index is 236. The molecule has 0 saturated carbocycles. The first-order valence-electron chi connectivity index (χ1n) is 6.22. The molecule has 0 atom stereocenters. The average Bonchev–Trinajstić information content (AvgIpc) is 2.29. The Morgan fingerprint density at radius 2 is 1.50 bits per heavy atom. The lowest BCUT2D eigenvalue weighted by Crippen LogP contribution is -2.00. The summed E-state index contributed by atoms with van der Waals surface area (Å²) in [6.07, 6.45) is 8.18. The number of anilines is 1. The lowest BCUT2D eigenvalue weighted by Gasteiger charge is -2.05. The second kappa shape index (κ2) is 11.0. The van der Waals surface area contributed by atoms with Crippen LogP contribution in [-0.4, -0.2) is 6.54 Å². The normalized spacial score (nSPS) is 9.56. The first-order chi connectivity index (χ1) is 7.43. The van der Waals surface area contributed by atoms with E-state index < -0.39 is 0 Å². The molecular formula is C14H24BrN. The van der Waals surface area contributed by atoms with Crippen molar-refractivity contribution < 1.29 is 0 Å². The second-order valence-corrected chi connectivity index (χ2v) is 4.06. The van der Waals surface area contributed by atoms with Gasteiger partial charge in [-0.05, 0) is 18.6 Å². The molecule has 0 unspecified atom stereocenters. The minimum Gasteiger partial charge on any atom is -0.385 e. The highest BCUT2D eigenvalue weighted by atomic mass is 79.9. The summed E-state index contributed by atoms with van der Waals surface area (Å²) < 4.78 is 0. The number of hydrogen-bond donors (Lipinski definition) is 1. The number of halogens is 1. The van der Waals surface area contributed by atoms with Crippen LogP contribution in [0.15, 0.2) is 30.3 Å². The maximum Gasteiger partial charge on any atom is 0.0340 e. The number of rotatable bonds is 8. The fraction of sp³-hybridized carbons (Fsp3) is 0.571. The maximum absolute atomic E-state index is 3.44. The van der Waals surface area contributed by atoms with E-state index in [0.29, 0.717) is 0 Å². The van der Waals surface area contributed by atoms with Crippen LogP contribution in [0.4, 0.5) is 5.69 Å². The van der Waals surface area contributed by atoms with E-state index >= 15 is 0 Å². The van der Waals surface area contributed by atoms with E-state index in [0.717, 1.165) is 6.54 Å². The van der Waals surface area contributed by atoms with Crippen LogP contribution < -0.4 is 5.32 Å². The quantitative estimate of drug-likeness (QED) is 0.660. The lowest BCUT2D eigenvalue weighted by atomic mass is 10.1. The highest BCUT2D eigenvalue weighted by molar-refractivity contribution is 8.93. The predicted octanol–water partition coefficient (Wildman–Crippen LogP) is 5.04. The Hall–Kier alpha value is -0.500. The summed E-state index contributed by atoms with van der Waals surface area (Å²) in [4.78, 5) is 0. The Balaban J connectivity index is 0.00000225. The Morgan fingerprint density at radius 1 is 0.875 bits per heavy atom. The van der Waals surface area contributed by atoms with E-state index in [9.17, 15) is 0 Å². The molecule has 1 aromatic rings. The van der Waals surface area contributed by atoms with Crippen molar-refractivity contribution in [2.75, 3.05) is 11.9 Å². The van der Waals surface area contributed by atoms with Crippen LogP contribution in [-0.2, 0) is 0 Å². The van der Waals surface area contributed by atoms with Crippen LogP contribution in [0.5, 0.6) is 0 Å². The second-order valence-electron chi connectivity index (χ2n) is 4.06. The van der Waals surface area contributed by atoms with Crippen LogP contribution in [0.2, 0.25) is 0 Å². The van der Waals surface area contributed by atoms with E-state index in [1.165, 1.54) is 44.2 Å². The van der Waals surface area contributed by atoms with Crippen molar-refractivity contribution in [2.24, 2.45) is 0 Å². The molecule has 1 rings (SSSR count). The van der Waals surface area contributed by atoms with Gasteiger partial charge in [-0.3, -0.25) is 0 Å². The highest BCUT2D eigenvalue weighted by Gasteiger charge is 1.91. The van der Waals surface area contributed by atoms with E-state index in [-0.39, 0.29) is 17.0 Å². The first-order valence-corrected chi connectivity index (χ1v) is 6.22. The summed E-state index contributed by atoms with van der Waals surface area (Å²) in [5, 5.41) is 3.44. The van der Waals surface area contributed by atoms with E-state index in [2.05, 4.69) is 42.6 Å². The summed E-state index contributed by atoms with van der Waals surface area (Å²) in [5.41, 5.74) is 1.24. The molecular weight excluding hydrogens is 262 g/mol. The van der Waals surface area contributed by atoms with Gasteiger partial charge in [0.1, 0.15) is 0 Å². The molecule has 0 bridgehead atoms. The molecule has 1 aromatic carbocycles. The van der Waals surface area contributed by atoms with Crippen LogP contribution >= 0.6 is 17.0 Å². The van der Waals surface area contributed by atoms with Crippen LogP contribution in [0.25, 0.3) is 0 Å². The molecule has 16 heavy (non-hydrogen) atoms. The summed E-state index contributed by atoms with van der Waals surface area (Å²) in [6.45, 7) is 3.37. The fourth-order valence-electron chi connectivity index (χ4n) is 1.69. The molecule has 0 spiro atoms. The largest absolute Gasteiger partial charge is 0.385 e. The number of benzene rings is 1. The van der Waals surface area contributed by atoms with Crippen molar-refractivity contribution in [3.05, 3.63) is 30.3 Å². The number of hydrogen-bond acceptors (Lipinski definition) is 1. The van der Waals surface area contributed by atoms with Crippen molar-refractivity contribution in [3.8, 4) is 0 Å². The minimum atomic E-state index is 0. The van der Waals surface area contributed by atoms with E-state index in [1.54, 1.807) is 0 Å². The third-order valence-corrected chi connectivity index (χ3v) is 2.63. The third-order valence-electron chi connectivity index (χ3n) is 2.63. The maximum atomic E-state index is 3.44. The Morgan fingerprint density at radius 3 is 2.19 bits per heavy atom. The zero-order valence-electron chi connectivity index (χ0n) is 10.2. The molecule has 0 saturated heterocycles. The monoisotopic (exact) mass is 285 g/mol. The van der Waals surface area contributed by atoms with Crippen molar-refractivity contribution in [1.29, 1.82) is 0 Å². The molecule has 1 nitrogen and oxygen atoms in total. The molecule has 0 radical (unpaired) electrons. The van der Waals surface area contributed by atoms with Gasteiger partial charge < -0.3 is 5.32 Å². The molecule has 1 N–H and O–H groups in total. The molecule has 0 amide bonds. The molecule has 0 aliphatic heterocycles. The van der Waals surface area contributed by atoms with Gasteiger partial charge in [0.25, 0.3) is 0 Å². The van der Waals surface area contributed by atoms with Gasteiger partial charge in [-0.25, -0.2) is 0 Å². The van der Waals surface area contributed by atoms with Gasteiger partial charge in [0.05, 0.1) is 0 Å². The molecule has 0 aromatic heterocycles. The molecule has 0 fully saturated rings. The van der Waals surface area contributed by atoms with Gasteiger partial charge in [-0.2, -0.15) is 0 Å². The Kier molecular flexibility index (Phi) is 10.7. The van der Waals surface area contributed by atoms with Crippen molar-refractivity contribution >= 4 is 22.7 Å². The number of nitrogens with one attached hydrogen (secondary N) is 1. The van der Waals surface area contributed by atoms with Gasteiger partial charge in [0, 0.05) is 12.2 Å². The standard InChI is InChI=1S/C14H23N.BrH/c1-2-3-4-5-6-10-13-15-14-11-8-7-9-12-14;/h7-9,11-12,15H,2-6,10,13H2,1H3;1H. The van der Waals surface area contributed by atoms with Gasteiger partial charge in [0.15, 0.2) is 0 Å². The topological polar surface area (TPSA) is 12.0 Å². The van der Waals surface area contributed by atoms with Crippen LogP contribution in [0.3, 0.4) is 0 Å². The van der Waals surface area contributed by atoms with E-state index in [4.69, 9.17) is 0 Å². The summed E-state index contributed by atoms with van der Waals surface area (Å²) in [6, 6.07) is 10.4. The molecule has 0 aliphatic carbocycles.